The second kappa shape index (κ2) is 5.21. The van der Waals surface area contributed by atoms with Crippen molar-refractivity contribution in [3.05, 3.63) is 30.3 Å². The van der Waals surface area contributed by atoms with E-state index in [-0.39, 0.29) is 5.69 Å². The van der Waals surface area contributed by atoms with Crippen LogP contribution in [0.2, 0.25) is 0 Å². The van der Waals surface area contributed by atoms with Gasteiger partial charge in [-0.3, -0.25) is 4.79 Å². The van der Waals surface area contributed by atoms with Crippen molar-refractivity contribution >= 4 is 23.2 Å². The lowest BCUT2D eigenvalue weighted by molar-refractivity contribution is -0.131. The maximum atomic E-state index is 12.3. The summed E-state index contributed by atoms with van der Waals surface area (Å²) < 4.78 is 36.8. The molecular formula is C10H9ClF3NO. The highest BCUT2D eigenvalue weighted by Gasteiger charge is 2.33. The van der Waals surface area contributed by atoms with Gasteiger partial charge in [-0.05, 0) is 12.1 Å². The molecule has 1 amide bonds. The third-order valence-corrected chi connectivity index (χ3v) is 2.05. The smallest absolute Gasteiger partial charge is 0.302 e. The number of carbonyl (C=O) groups is 1. The lowest BCUT2D eigenvalue weighted by atomic mass is 10.3. The summed E-state index contributed by atoms with van der Waals surface area (Å²) in [6, 6.07) is 7.62. The van der Waals surface area contributed by atoms with E-state index in [0.29, 0.717) is 4.90 Å². The monoisotopic (exact) mass is 251 g/mol. The molecule has 16 heavy (non-hydrogen) atoms. The number of para-hydroxylation sites is 1. The van der Waals surface area contributed by atoms with Crippen molar-refractivity contribution in [1.29, 1.82) is 0 Å². The van der Waals surface area contributed by atoms with Crippen molar-refractivity contribution in [3.8, 4) is 0 Å². The fourth-order valence-corrected chi connectivity index (χ4v) is 1.33. The van der Waals surface area contributed by atoms with Crippen LogP contribution in [0.25, 0.3) is 0 Å². The number of halogens is 4. The maximum Gasteiger partial charge on any atom is 0.406 e. The first kappa shape index (κ1) is 12.8. The van der Waals surface area contributed by atoms with E-state index < -0.39 is 24.5 Å². The second-order valence-corrected chi connectivity index (χ2v) is 3.33. The van der Waals surface area contributed by atoms with Crippen LogP contribution in [0.3, 0.4) is 0 Å². The molecule has 6 heteroatoms. The van der Waals surface area contributed by atoms with Crippen LogP contribution in [0.4, 0.5) is 18.9 Å². The molecule has 0 unspecified atom stereocenters. The molecule has 0 saturated carbocycles. The zero-order chi connectivity index (χ0) is 12.2. The SMILES string of the molecule is O=C(CCl)N(CC(F)(F)F)c1ccccc1. The van der Waals surface area contributed by atoms with Crippen LogP contribution in [0, 0.1) is 0 Å². The van der Waals surface area contributed by atoms with Gasteiger partial charge < -0.3 is 4.90 Å². The van der Waals surface area contributed by atoms with E-state index in [1.807, 2.05) is 0 Å². The fourth-order valence-electron chi connectivity index (χ4n) is 1.18. The lowest BCUT2D eigenvalue weighted by Crippen LogP contribution is -2.39. The first-order chi connectivity index (χ1) is 7.44. The average molecular weight is 252 g/mol. The minimum Gasteiger partial charge on any atom is -0.302 e. The number of hydrogen-bond donors (Lipinski definition) is 0. The standard InChI is InChI=1S/C10H9ClF3NO/c11-6-9(16)15(7-10(12,13)14)8-4-2-1-3-5-8/h1-5H,6-7H2. The van der Waals surface area contributed by atoms with Gasteiger partial charge in [0.05, 0.1) is 0 Å². The molecule has 1 aromatic rings. The van der Waals surface area contributed by atoms with Crippen LogP contribution in [-0.4, -0.2) is 24.5 Å². The Morgan fingerprint density at radius 2 is 1.81 bits per heavy atom. The van der Waals surface area contributed by atoms with Gasteiger partial charge in [-0.2, -0.15) is 13.2 Å². The van der Waals surface area contributed by atoms with E-state index in [2.05, 4.69) is 0 Å². The molecule has 1 aromatic carbocycles. The third kappa shape index (κ3) is 3.73. The quantitative estimate of drug-likeness (QED) is 0.757. The van der Waals surface area contributed by atoms with Gasteiger partial charge in [0, 0.05) is 5.69 Å². The number of nitrogens with zero attached hydrogens (tertiary/aromatic N) is 1. The van der Waals surface area contributed by atoms with Crippen LogP contribution in [-0.2, 0) is 4.79 Å². The molecule has 2 nitrogen and oxygen atoms in total. The Morgan fingerprint density at radius 3 is 2.25 bits per heavy atom. The van der Waals surface area contributed by atoms with Gasteiger partial charge in [-0.15, -0.1) is 11.6 Å². The number of carbonyl (C=O) groups excluding carboxylic acids is 1. The van der Waals surface area contributed by atoms with Crippen molar-refractivity contribution in [1.82, 2.24) is 0 Å². The molecule has 0 aliphatic carbocycles. The Labute approximate surface area is 95.6 Å². The number of rotatable bonds is 3. The van der Waals surface area contributed by atoms with Crippen molar-refractivity contribution in [2.75, 3.05) is 17.3 Å². The highest BCUT2D eigenvalue weighted by atomic mass is 35.5. The van der Waals surface area contributed by atoms with Gasteiger partial charge in [0.15, 0.2) is 0 Å². The molecule has 0 saturated heterocycles. The molecular weight excluding hydrogens is 243 g/mol. The Balaban J connectivity index is 2.93. The maximum absolute atomic E-state index is 12.3. The molecule has 0 spiro atoms. The number of hydrogen-bond acceptors (Lipinski definition) is 1. The van der Waals surface area contributed by atoms with Gasteiger partial charge >= 0.3 is 6.18 Å². The summed E-state index contributed by atoms with van der Waals surface area (Å²) in [5.41, 5.74) is 0.186. The molecule has 0 radical (unpaired) electrons. The van der Waals surface area contributed by atoms with E-state index in [1.54, 1.807) is 18.2 Å². The fraction of sp³-hybridized carbons (Fsp3) is 0.300. The zero-order valence-electron chi connectivity index (χ0n) is 8.17. The highest BCUT2D eigenvalue weighted by molar-refractivity contribution is 6.29. The molecule has 0 bridgehead atoms. The molecule has 0 aliphatic rings. The van der Waals surface area contributed by atoms with Crippen LogP contribution < -0.4 is 4.90 Å². The van der Waals surface area contributed by atoms with E-state index in [0.717, 1.165) is 0 Å². The Morgan fingerprint density at radius 1 is 1.25 bits per heavy atom. The summed E-state index contributed by atoms with van der Waals surface area (Å²) in [7, 11) is 0. The first-order valence-corrected chi connectivity index (χ1v) is 4.95. The largest absolute Gasteiger partial charge is 0.406 e. The summed E-state index contributed by atoms with van der Waals surface area (Å²) in [6.07, 6.45) is -4.45. The average Bonchev–Trinajstić information content (AvgIpc) is 2.25. The molecule has 0 heterocycles. The van der Waals surface area contributed by atoms with Crippen molar-refractivity contribution in [2.24, 2.45) is 0 Å². The number of alkyl halides is 4. The molecule has 0 aromatic heterocycles. The number of amides is 1. The Kier molecular flexibility index (Phi) is 4.18. The predicted octanol–water partition coefficient (Wildman–Crippen LogP) is 2.82. The topological polar surface area (TPSA) is 20.3 Å². The number of anilines is 1. The summed E-state index contributed by atoms with van der Waals surface area (Å²) in [4.78, 5) is 11.9. The van der Waals surface area contributed by atoms with Crippen molar-refractivity contribution < 1.29 is 18.0 Å². The molecule has 0 atom stereocenters. The third-order valence-electron chi connectivity index (χ3n) is 1.82. The van der Waals surface area contributed by atoms with Gasteiger partial charge in [0.25, 0.3) is 0 Å². The summed E-state index contributed by atoms with van der Waals surface area (Å²) in [5, 5.41) is 0. The zero-order valence-corrected chi connectivity index (χ0v) is 8.92. The summed E-state index contributed by atoms with van der Waals surface area (Å²) in [5.74, 6) is -1.25. The van der Waals surface area contributed by atoms with Gasteiger partial charge in [-0.25, -0.2) is 0 Å². The van der Waals surface area contributed by atoms with Crippen LogP contribution in [0.1, 0.15) is 0 Å². The minimum atomic E-state index is -4.45. The second-order valence-electron chi connectivity index (χ2n) is 3.06. The lowest BCUT2D eigenvalue weighted by Gasteiger charge is -2.23. The normalized spacial score (nSPS) is 11.2. The van der Waals surface area contributed by atoms with E-state index >= 15 is 0 Å². The summed E-state index contributed by atoms with van der Waals surface area (Å²) in [6.45, 7) is -1.33. The molecule has 0 N–H and O–H groups in total. The van der Waals surface area contributed by atoms with E-state index in [4.69, 9.17) is 11.6 Å². The van der Waals surface area contributed by atoms with Gasteiger partial charge in [-0.1, -0.05) is 18.2 Å². The Hall–Kier alpha value is -1.23. The Bertz CT molecular complexity index is 353. The minimum absolute atomic E-state index is 0.186. The molecule has 0 aliphatic heterocycles. The first-order valence-electron chi connectivity index (χ1n) is 4.42. The van der Waals surface area contributed by atoms with Crippen molar-refractivity contribution in [2.45, 2.75) is 6.18 Å². The van der Waals surface area contributed by atoms with Gasteiger partial charge in [0.1, 0.15) is 12.4 Å². The van der Waals surface area contributed by atoms with Gasteiger partial charge in [0.2, 0.25) is 5.91 Å². The van der Waals surface area contributed by atoms with E-state index in [9.17, 15) is 18.0 Å². The van der Waals surface area contributed by atoms with Crippen LogP contribution in [0.15, 0.2) is 30.3 Å². The number of benzene rings is 1. The van der Waals surface area contributed by atoms with E-state index in [1.165, 1.54) is 12.1 Å². The molecule has 1 rings (SSSR count). The van der Waals surface area contributed by atoms with Crippen molar-refractivity contribution in [3.63, 3.8) is 0 Å². The van der Waals surface area contributed by atoms with Crippen LogP contribution in [0.5, 0.6) is 0 Å². The predicted molar refractivity (Wildman–Crippen MR) is 55.6 cm³/mol. The highest BCUT2D eigenvalue weighted by Crippen LogP contribution is 2.22. The van der Waals surface area contributed by atoms with Crippen LogP contribution >= 0.6 is 11.6 Å². The molecule has 88 valence electrons. The summed E-state index contributed by atoms with van der Waals surface area (Å²) >= 11 is 5.27. The molecule has 0 fully saturated rings.